The van der Waals surface area contributed by atoms with Crippen molar-refractivity contribution in [2.45, 2.75) is 53.1 Å². The van der Waals surface area contributed by atoms with Gasteiger partial charge in [0.1, 0.15) is 5.60 Å². The predicted molar refractivity (Wildman–Crippen MR) is 94.0 cm³/mol. The van der Waals surface area contributed by atoms with Crippen molar-refractivity contribution in [1.82, 2.24) is 4.98 Å². The van der Waals surface area contributed by atoms with Crippen LogP contribution in [0, 0.1) is 11.7 Å². The number of hydrogen-bond donors (Lipinski definition) is 0. The fraction of sp³-hybridized carbons (Fsp3) is 0.647. The van der Waals surface area contributed by atoms with Crippen molar-refractivity contribution in [2.75, 3.05) is 18.0 Å². The lowest BCUT2D eigenvalue weighted by atomic mass is 9.96. The van der Waals surface area contributed by atoms with Gasteiger partial charge in [0.05, 0.1) is 22.3 Å². The summed E-state index contributed by atoms with van der Waals surface area (Å²) < 4.78 is 19.9. The van der Waals surface area contributed by atoms with Crippen LogP contribution in [0.1, 0.15) is 47.5 Å². The Balaban J connectivity index is 0.00000127. The largest absolute Gasteiger partial charge is 0.460 e. The summed E-state index contributed by atoms with van der Waals surface area (Å²) in [5.74, 6) is -0.611. The van der Waals surface area contributed by atoms with E-state index in [1.54, 1.807) is 6.20 Å². The topological polar surface area (TPSA) is 42.4 Å². The van der Waals surface area contributed by atoms with Gasteiger partial charge in [-0.2, -0.15) is 0 Å². The average Bonchev–Trinajstić information content (AvgIpc) is 2.48. The van der Waals surface area contributed by atoms with Crippen LogP contribution in [-0.4, -0.2) is 29.6 Å². The summed E-state index contributed by atoms with van der Waals surface area (Å²) in [7, 11) is 0. The Morgan fingerprint density at radius 1 is 1.30 bits per heavy atom. The maximum atomic E-state index is 13.9. The fourth-order valence-electron chi connectivity index (χ4n) is 2.43. The quantitative estimate of drug-likeness (QED) is 0.695. The zero-order chi connectivity index (χ0) is 17.6. The molecule has 0 N–H and O–H groups in total. The van der Waals surface area contributed by atoms with Crippen LogP contribution < -0.4 is 4.90 Å². The van der Waals surface area contributed by atoms with Crippen LogP contribution >= 0.6 is 15.9 Å². The third kappa shape index (κ3) is 5.75. The van der Waals surface area contributed by atoms with Crippen molar-refractivity contribution in [3.8, 4) is 0 Å². The van der Waals surface area contributed by atoms with Gasteiger partial charge in [-0.05, 0) is 49.5 Å². The van der Waals surface area contributed by atoms with E-state index in [0.29, 0.717) is 36.1 Å². The second-order valence-corrected chi connectivity index (χ2v) is 7.10. The van der Waals surface area contributed by atoms with Crippen LogP contribution in [0.4, 0.5) is 10.1 Å². The van der Waals surface area contributed by atoms with Crippen LogP contribution in [0.2, 0.25) is 0 Å². The molecule has 0 amide bonds. The smallest absolute Gasteiger partial charge is 0.309 e. The molecule has 0 atom stereocenters. The zero-order valence-electron chi connectivity index (χ0n) is 14.5. The summed E-state index contributed by atoms with van der Waals surface area (Å²) in [6.07, 6.45) is 4.13. The molecule has 4 nitrogen and oxygen atoms in total. The number of aromatic nitrogens is 1. The highest BCUT2D eigenvalue weighted by atomic mass is 79.9. The number of anilines is 1. The molecule has 0 aliphatic carbocycles. The monoisotopic (exact) mass is 388 g/mol. The minimum Gasteiger partial charge on any atom is -0.460 e. The molecule has 1 saturated heterocycles. The molecule has 1 aliphatic rings. The van der Waals surface area contributed by atoms with Gasteiger partial charge in [0.2, 0.25) is 0 Å². The Morgan fingerprint density at radius 3 is 2.35 bits per heavy atom. The summed E-state index contributed by atoms with van der Waals surface area (Å²) in [6.45, 7) is 10.9. The Morgan fingerprint density at radius 2 is 1.87 bits per heavy atom. The molecule has 23 heavy (non-hydrogen) atoms. The minimum absolute atomic E-state index is 0.107. The standard InChI is InChI=1S/C15H20BrFN2O2.C2H6/c1-15(2,3)21-14(20)10-4-6-19(7-5-10)13-11(16)8-18-9-12(13)17;1-2/h8-10H,4-7H2,1-3H3;1-2H3. The lowest BCUT2D eigenvalue weighted by molar-refractivity contribution is -0.160. The molecule has 2 rings (SSSR count). The maximum absolute atomic E-state index is 13.9. The highest BCUT2D eigenvalue weighted by molar-refractivity contribution is 9.10. The van der Waals surface area contributed by atoms with E-state index < -0.39 is 5.60 Å². The number of nitrogens with zero attached hydrogens (tertiary/aromatic N) is 2. The first kappa shape index (κ1) is 19.9. The molecule has 1 fully saturated rings. The van der Waals surface area contributed by atoms with Crippen molar-refractivity contribution < 1.29 is 13.9 Å². The SMILES string of the molecule is CC.CC(C)(C)OC(=O)C1CCN(c2c(F)cncc2Br)CC1. The van der Waals surface area contributed by atoms with E-state index in [2.05, 4.69) is 20.9 Å². The van der Waals surface area contributed by atoms with E-state index in [0.717, 1.165) is 0 Å². The van der Waals surface area contributed by atoms with Crippen LogP contribution in [-0.2, 0) is 9.53 Å². The van der Waals surface area contributed by atoms with E-state index in [4.69, 9.17) is 4.74 Å². The van der Waals surface area contributed by atoms with Gasteiger partial charge >= 0.3 is 5.97 Å². The van der Waals surface area contributed by atoms with Crippen molar-refractivity contribution in [1.29, 1.82) is 0 Å². The van der Waals surface area contributed by atoms with Gasteiger partial charge in [0.15, 0.2) is 5.82 Å². The van der Waals surface area contributed by atoms with Crippen LogP contribution in [0.15, 0.2) is 16.9 Å². The zero-order valence-corrected chi connectivity index (χ0v) is 16.1. The molecule has 1 aromatic rings. The average molecular weight is 389 g/mol. The minimum atomic E-state index is -0.464. The Labute approximate surface area is 146 Å². The first-order valence-electron chi connectivity index (χ1n) is 8.05. The first-order valence-corrected chi connectivity index (χ1v) is 8.84. The van der Waals surface area contributed by atoms with E-state index in [-0.39, 0.29) is 17.7 Å². The van der Waals surface area contributed by atoms with Crippen LogP contribution in [0.5, 0.6) is 0 Å². The highest BCUT2D eigenvalue weighted by Gasteiger charge is 2.30. The van der Waals surface area contributed by atoms with E-state index in [1.165, 1.54) is 6.20 Å². The third-order valence-corrected chi connectivity index (χ3v) is 3.96. The van der Waals surface area contributed by atoms with Crippen molar-refractivity contribution in [3.63, 3.8) is 0 Å². The highest BCUT2D eigenvalue weighted by Crippen LogP contribution is 2.32. The lowest BCUT2D eigenvalue weighted by Gasteiger charge is -2.34. The first-order chi connectivity index (χ1) is 10.8. The predicted octanol–water partition coefficient (Wildman–Crippen LogP) is 4.57. The van der Waals surface area contributed by atoms with Gasteiger partial charge in [0, 0.05) is 19.3 Å². The number of esters is 1. The number of ether oxygens (including phenoxy) is 1. The number of hydrogen-bond acceptors (Lipinski definition) is 4. The Kier molecular flexibility index (Phi) is 7.45. The van der Waals surface area contributed by atoms with Gasteiger partial charge in [-0.3, -0.25) is 9.78 Å². The summed E-state index contributed by atoms with van der Waals surface area (Å²) in [4.78, 5) is 17.8. The fourth-order valence-corrected chi connectivity index (χ4v) is 2.99. The van der Waals surface area contributed by atoms with Gasteiger partial charge in [0.25, 0.3) is 0 Å². The second kappa shape index (κ2) is 8.62. The summed E-state index contributed by atoms with van der Waals surface area (Å²) in [6, 6.07) is 0. The van der Waals surface area contributed by atoms with Crippen molar-refractivity contribution in [2.24, 2.45) is 5.92 Å². The third-order valence-electron chi connectivity index (χ3n) is 3.38. The Hall–Kier alpha value is -1.17. The van der Waals surface area contributed by atoms with Crippen molar-refractivity contribution in [3.05, 3.63) is 22.7 Å². The number of piperidine rings is 1. The molecule has 0 radical (unpaired) electrons. The number of rotatable bonds is 2. The number of halogens is 2. The van der Waals surface area contributed by atoms with Gasteiger partial charge in [-0.1, -0.05) is 13.8 Å². The van der Waals surface area contributed by atoms with E-state index in [9.17, 15) is 9.18 Å². The van der Waals surface area contributed by atoms with E-state index in [1.807, 2.05) is 39.5 Å². The van der Waals surface area contributed by atoms with E-state index >= 15 is 0 Å². The molecule has 0 spiro atoms. The Bertz CT molecular complexity index is 504. The molecule has 0 bridgehead atoms. The molecular formula is C17H26BrFN2O2. The molecule has 1 aromatic heterocycles. The summed E-state index contributed by atoms with van der Waals surface area (Å²) >= 11 is 3.33. The van der Waals surface area contributed by atoms with Crippen LogP contribution in [0.25, 0.3) is 0 Å². The number of carbonyl (C=O) groups is 1. The van der Waals surface area contributed by atoms with Crippen molar-refractivity contribution >= 4 is 27.6 Å². The molecule has 130 valence electrons. The maximum Gasteiger partial charge on any atom is 0.309 e. The number of pyridine rings is 1. The molecule has 0 saturated carbocycles. The van der Waals surface area contributed by atoms with Gasteiger partial charge in [-0.25, -0.2) is 4.39 Å². The van der Waals surface area contributed by atoms with Gasteiger partial charge in [-0.15, -0.1) is 0 Å². The molecule has 6 heteroatoms. The number of carbonyl (C=O) groups excluding carboxylic acids is 1. The lowest BCUT2D eigenvalue weighted by Crippen LogP contribution is -2.39. The molecule has 0 aromatic carbocycles. The molecular weight excluding hydrogens is 363 g/mol. The summed E-state index contributed by atoms with van der Waals surface area (Å²) in [5.41, 5.74) is 0.0571. The molecule has 2 heterocycles. The van der Waals surface area contributed by atoms with Crippen LogP contribution in [0.3, 0.4) is 0 Å². The molecule has 1 aliphatic heterocycles. The normalized spacial score (nSPS) is 15.7. The van der Waals surface area contributed by atoms with Gasteiger partial charge < -0.3 is 9.64 Å². The second-order valence-electron chi connectivity index (χ2n) is 6.25. The molecule has 0 unspecified atom stereocenters. The summed E-state index contributed by atoms with van der Waals surface area (Å²) in [5, 5.41) is 0.